The predicted molar refractivity (Wildman–Crippen MR) is 89.9 cm³/mol. The van der Waals surface area contributed by atoms with E-state index in [1.54, 1.807) is 0 Å². The molecule has 2 aromatic carbocycles. The van der Waals surface area contributed by atoms with E-state index in [4.69, 9.17) is 10.9 Å². The van der Waals surface area contributed by atoms with E-state index in [0.717, 1.165) is 16.7 Å². The molecule has 0 atom stereocenters. The zero-order chi connectivity index (χ0) is 15.4. The molecule has 3 N–H and O–H groups in total. The van der Waals surface area contributed by atoms with E-state index in [2.05, 4.69) is 57.2 Å². The summed E-state index contributed by atoms with van der Waals surface area (Å²) in [4.78, 5) is 2.14. The highest BCUT2D eigenvalue weighted by molar-refractivity contribution is 9.10. The molecular weight excluding hydrogens is 330 g/mol. The van der Waals surface area contributed by atoms with Crippen molar-refractivity contribution in [3.8, 4) is 0 Å². The maximum absolute atomic E-state index is 8.71. The van der Waals surface area contributed by atoms with Gasteiger partial charge in [-0.05, 0) is 46.6 Å². The number of hydrogen-bond acceptors (Lipinski definition) is 3. The monoisotopic (exact) mass is 347 g/mol. The van der Waals surface area contributed by atoms with Crippen LogP contribution in [0.4, 0.5) is 5.69 Å². The molecule has 0 radical (unpaired) electrons. The molecule has 0 fully saturated rings. The second kappa shape index (κ2) is 6.63. The van der Waals surface area contributed by atoms with Crippen LogP contribution in [0.3, 0.4) is 0 Å². The molecule has 2 rings (SSSR count). The van der Waals surface area contributed by atoms with Crippen LogP contribution < -0.4 is 10.6 Å². The lowest BCUT2D eigenvalue weighted by Gasteiger charge is -2.21. The predicted octanol–water partition coefficient (Wildman–Crippen LogP) is 3.49. The van der Waals surface area contributed by atoms with Gasteiger partial charge >= 0.3 is 0 Å². The van der Waals surface area contributed by atoms with Crippen molar-refractivity contribution in [2.24, 2.45) is 10.9 Å². The van der Waals surface area contributed by atoms with E-state index >= 15 is 0 Å². The summed E-state index contributed by atoms with van der Waals surface area (Å²) in [6.07, 6.45) is 0. The molecule has 0 amide bonds. The van der Waals surface area contributed by atoms with Gasteiger partial charge in [-0.15, -0.1) is 0 Å². The van der Waals surface area contributed by atoms with Crippen LogP contribution in [0.15, 0.2) is 52.1 Å². The number of rotatable bonds is 4. The number of amidine groups is 1. The molecule has 110 valence electrons. The lowest BCUT2D eigenvalue weighted by atomic mass is 10.1. The van der Waals surface area contributed by atoms with Gasteiger partial charge in [-0.25, -0.2) is 0 Å². The first-order valence-corrected chi connectivity index (χ1v) is 7.34. The van der Waals surface area contributed by atoms with Crippen LogP contribution in [0.5, 0.6) is 0 Å². The van der Waals surface area contributed by atoms with Gasteiger partial charge in [-0.2, -0.15) is 0 Å². The fourth-order valence-corrected chi connectivity index (χ4v) is 2.77. The third-order valence-corrected chi connectivity index (χ3v) is 3.94. The first-order valence-electron chi connectivity index (χ1n) is 6.55. The number of nitrogens with zero attached hydrogens (tertiary/aromatic N) is 2. The molecule has 0 bridgehead atoms. The minimum absolute atomic E-state index is 0.100. The Morgan fingerprint density at radius 3 is 2.48 bits per heavy atom. The van der Waals surface area contributed by atoms with Crippen LogP contribution in [0, 0.1) is 6.92 Å². The quantitative estimate of drug-likeness (QED) is 0.385. The molecule has 0 spiro atoms. The molecule has 0 unspecified atom stereocenters. The molecule has 0 aliphatic rings. The number of halogens is 1. The van der Waals surface area contributed by atoms with Crippen LogP contribution in [0.2, 0.25) is 0 Å². The first-order chi connectivity index (χ1) is 10.0. The molecule has 0 aromatic heterocycles. The van der Waals surface area contributed by atoms with Crippen molar-refractivity contribution in [3.05, 3.63) is 63.6 Å². The maximum atomic E-state index is 8.71. The Bertz CT molecular complexity index is 653. The Labute approximate surface area is 133 Å². The number of benzene rings is 2. The van der Waals surface area contributed by atoms with Gasteiger partial charge in [-0.1, -0.05) is 35.0 Å². The van der Waals surface area contributed by atoms with Crippen molar-refractivity contribution in [1.29, 1.82) is 0 Å². The highest BCUT2D eigenvalue weighted by Gasteiger charge is 2.09. The zero-order valence-corrected chi connectivity index (χ0v) is 13.6. The molecule has 4 nitrogen and oxygen atoms in total. The van der Waals surface area contributed by atoms with E-state index < -0.39 is 0 Å². The van der Waals surface area contributed by atoms with Gasteiger partial charge in [-0.3, -0.25) is 0 Å². The highest BCUT2D eigenvalue weighted by atomic mass is 79.9. The molecule has 2 aromatic rings. The normalized spacial score (nSPS) is 11.5. The topological polar surface area (TPSA) is 61.8 Å². The van der Waals surface area contributed by atoms with Crippen LogP contribution in [-0.2, 0) is 6.54 Å². The fourth-order valence-electron chi connectivity index (χ4n) is 2.09. The van der Waals surface area contributed by atoms with Crippen molar-refractivity contribution in [1.82, 2.24) is 0 Å². The highest BCUT2D eigenvalue weighted by Crippen LogP contribution is 2.27. The Balaban J connectivity index is 2.19. The lowest BCUT2D eigenvalue weighted by Crippen LogP contribution is -2.18. The van der Waals surface area contributed by atoms with Crippen molar-refractivity contribution in [2.75, 3.05) is 11.9 Å². The summed E-state index contributed by atoms with van der Waals surface area (Å²) in [6.45, 7) is 2.89. The SMILES string of the molecule is Cc1ccc(CN(C)c2ccc(/C(N)=N/O)cc2Br)cc1. The van der Waals surface area contributed by atoms with Crippen molar-refractivity contribution < 1.29 is 5.21 Å². The van der Waals surface area contributed by atoms with Gasteiger partial charge in [0.1, 0.15) is 0 Å². The van der Waals surface area contributed by atoms with Crippen LogP contribution in [0.1, 0.15) is 16.7 Å². The second-order valence-corrected chi connectivity index (χ2v) is 5.85. The number of nitrogens with two attached hydrogens (primary N) is 1. The zero-order valence-electron chi connectivity index (χ0n) is 12.0. The van der Waals surface area contributed by atoms with E-state index in [-0.39, 0.29) is 5.84 Å². The molecule has 5 heteroatoms. The summed E-state index contributed by atoms with van der Waals surface area (Å²) in [5, 5.41) is 11.7. The van der Waals surface area contributed by atoms with E-state index in [1.807, 2.05) is 25.2 Å². The van der Waals surface area contributed by atoms with E-state index in [0.29, 0.717) is 5.56 Å². The van der Waals surface area contributed by atoms with Gasteiger partial charge in [0.2, 0.25) is 0 Å². The van der Waals surface area contributed by atoms with Gasteiger partial charge in [0.25, 0.3) is 0 Å². The third-order valence-electron chi connectivity index (χ3n) is 3.30. The number of anilines is 1. The Morgan fingerprint density at radius 1 is 1.24 bits per heavy atom. The van der Waals surface area contributed by atoms with Gasteiger partial charge in [0.15, 0.2) is 5.84 Å². The van der Waals surface area contributed by atoms with Crippen molar-refractivity contribution in [3.63, 3.8) is 0 Å². The number of hydrogen-bond donors (Lipinski definition) is 2. The third kappa shape index (κ3) is 3.76. The van der Waals surface area contributed by atoms with Crippen LogP contribution in [0.25, 0.3) is 0 Å². The molecule has 21 heavy (non-hydrogen) atoms. The number of oxime groups is 1. The summed E-state index contributed by atoms with van der Waals surface area (Å²) in [5.74, 6) is 0.100. The Morgan fingerprint density at radius 2 is 1.90 bits per heavy atom. The van der Waals surface area contributed by atoms with Crippen LogP contribution in [-0.4, -0.2) is 18.1 Å². The maximum Gasteiger partial charge on any atom is 0.170 e. The van der Waals surface area contributed by atoms with E-state index in [1.165, 1.54) is 11.1 Å². The Kier molecular flexibility index (Phi) is 4.85. The van der Waals surface area contributed by atoms with Gasteiger partial charge in [0, 0.05) is 23.6 Å². The summed E-state index contributed by atoms with van der Waals surface area (Å²) in [5.41, 5.74) is 9.82. The Hall–Kier alpha value is -2.01. The van der Waals surface area contributed by atoms with Crippen molar-refractivity contribution in [2.45, 2.75) is 13.5 Å². The van der Waals surface area contributed by atoms with Gasteiger partial charge < -0.3 is 15.8 Å². The average molecular weight is 348 g/mol. The standard InChI is InChI=1S/C16H18BrN3O/c1-11-3-5-12(6-4-11)10-20(2)15-8-7-13(9-14(15)17)16(18)19-21/h3-9,21H,10H2,1-2H3,(H2,18,19). The largest absolute Gasteiger partial charge is 0.409 e. The average Bonchev–Trinajstić information content (AvgIpc) is 2.48. The lowest BCUT2D eigenvalue weighted by molar-refractivity contribution is 0.318. The summed E-state index contributed by atoms with van der Waals surface area (Å²) < 4.78 is 0.904. The molecule has 0 saturated heterocycles. The number of aryl methyl sites for hydroxylation is 1. The molecule has 0 aliphatic carbocycles. The smallest absolute Gasteiger partial charge is 0.170 e. The summed E-state index contributed by atoms with van der Waals surface area (Å²) in [6, 6.07) is 14.1. The van der Waals surface area contributed by atoms with E-state index in [9.17, 15) is 0 Å². The molecule has 0 heterocycles. The second-order valence-electron chi connectivity index (χ2n) is 4.99. The molecular formula is C16H18BrN3O. The summed E-state index contributed by atoms with van der Waals surface area (Å²) in [7, 11) is 2.03. The fraction of sp³-hybridized carbons (Fsp3) is 0.188. The first kappa shape index (κ1) is 15.4. The molecule has 0 aliphatic heterocycles. The summed E-state index contributed by atoms with van der Waals surface area (Å²) >= 11 is 3.54. The van der Waals surface area contributed by atoms with Gasteiger partial charge in [0.05, 0.1) is 5.69 Å². The minimum Gasteiger partial charge on any atom is -0.409 e. The molecule has 0 saturated carbocycles. The minimum atomic E-state index is 0.100. The van der Waals surface area contributed by atoms with Crippen LogP contribution >= 0.6 is 15.9 Å². The van der Waals surface area contributed by atoms with Crippen molar-refractivity contribution >= 4 is 27.5 Å².